The fourth-order valence-electron chi connectivity index (χ4n) is 16.7. The van der Waals surface area contributed by atoms with E-state index in [4.69, 9.17) is 84.3 Å². The molecule has 820 valence electrons. The molecule has 2 amide bonds. The van der Waals surface area contributed by atoms with Crippen molar-refractivity contribution in [3.05, 3.63) is 187 Å². The molecule has 7 fully saturated rings. The van der Waals surface area contributed by atoms with Crippen LogP contribution in [0.1, 0.15) is 192 Å². The van der Waals surface area contributed by atoms with Crippen molar-refractivity contribution in [2.75, 3.05) is 69.2 Å². The molecule has 16 heterocycles. The Balaban J connectivity index is 0.000000165. The summed E-state index contributed by atoms with van der Waals surface area (Å²) in [5.41, 5.74) is 19.8. The number of fused-ring (bicyclic) bond motifs is 3. The number of rotatable bonds is 29. The summed E-state index contributed by atoms with van der Waals surface area (Å²) in [5.74, 6) is 1.27. The molecule has 17 rings (SSSR count). The molecule has 16 N–H and O–H groups in total. The summed E-state index contributed by atoms with van der Waals surface area (Å²) in [6, 6.07) is 1.80. The first-order valence-electron chi connectivity index (χ1n) is 48.6. The topological polar surface area (TPSA) is 696 Å². The minimum Gasteiger partial charge on any atom is -0.392 e. The number of ether oxygens (including phenoxy) is 13. The number of nitrogen functional groups attached to an aromatic ring is 3. The van der Waals surface area contributed by atoms with E-state index in [2.05, 4.69) is 88.3 Å². The maximum atomic E-state index is 14.8. The van der Waals surface area contributed by atoms with Gasteiger partial charge in [0.2, 0.25) is 5.95 Å². The molecule has 149 heavy (non-hydrogen) atoms. The van der Waals surface area contributed by atoms with Gasteiger partial charge in [0.1, 0.15) is 83.8 Å². The zero-order valence-electron chi connectivity index (χ0n) is 86.5. The Kier molecular flexibility index (Phi) is 40.5. The molecule has 1 aliphatic carbocycles. The monoisotopic (exact) mass is 2120 g/mol. The molecule has 0 aromatic carbocycles. The molecular weight excluding hydrogens is 1980 g/mol. The van der Waals surface area contributed by atoms with Crippen molar-refractivity contribution < 1.29 is 101 Å². The largest absolute Gasteiger partial charge is 0.392 e. The van der Waals surface area contributed by atoms with E-state index in [-0.39, 0.29) is 156 Å². The number of hydrogen-bond donors (Lipinski definition) is 13. The molecule has 4 unspecified atom stereocenters. The van der Waals surface area contributed by atoms with E-state index in [0.717, 1.165) is 27.9 Å². The number of nitrogens with zero attached hydrogens (tertiary/aromatic N) is 18. The third kappa shape index (κ3) is 29.5. The highest BCUT2D eigenvalue weighted by Crippen LogP contribution is 2.45. The third-order valence-corrected chi connectivity index (χ3v) is 25.7. The van der Waals surface area contributed by atoms with Gasteiger partial charge in [-0.05, 0) is 180 Å². The highest BCUT2D eigenvalue weighted by molar-refractivity contribution is 8.00. The lowest BCUT2D eigenvalue weighted by Crippen LogP contribution is -2.53. The molecule has 6 saturated heterocycles. The average Bonchev–Trinajstić information content (AvgIpc) is 1.59. The highest BCUT2D eigenvalue weighted by atomic mass is 32.2. The maximum absolute atomic E-state index is 14.8. The zero-order chi connectivity index (χ0) is 109. The second-order valence-electron chi connectivity index (χ2n) is 38.9. The number of amides is 2. The Labute approximate surface area is 857 Å². The highest BCUT2D eigenvalue weighted by Gasteiger charge is 2.59. The fraction of sp³-hybridized carbons (Fsp3) is 0.638. The van der Waals surface area contributed by atoms with Crippen molar-refractivity contribution in [1.82, 2.24) is 97.4 Å². The van der Waals surface area contributed by atoms with E-state index in [1.54, 1.807) is 55.1 Å². The molecular formula is C94H138F2N26O26S. The Morgan fingerprint density at radius 3 is 1.61 bits per heavy atom. The van der Waals surface area contributed by atoms with Gasteiger partial charge in [0, 0.05) is 59.1 Å². The zero-order valence-corrected chi connectivity index (χ0v) is 87.3. The number of halogens is 2. The van der Waals surface area contributed by atoms with Gasteiger partial charge in [-0.25, -0.2) is 52.9 Å². The van der Waals surface area contributed by atoms with Crippen LogP contribution in [0.2, 0.25) is 0 Å². The van der Waals surface area contributed by atoms with E-state index in [1.165, 1.54) is 77.9 Å². The van der Waals surface area contributed by atoms with Crippen LogP contribution in [-0.2, 0) is 61.6 Å². The number of aromatic amines is 4. The summed E-state index contributed by atoms with van der Waals surface area (Å²) in [7, 11) is 0. The number of nitrogens with two attached hydrogens (primary N) is 3. The normalized spacial score (nSPS) is 28.1. The van der Waals surface area contributed by atoms with Gasteiger partial charge in [0.15, 0.2) is 63.5 Å². The molecule has 52 nitrogen and oxygen atoms in total. The summed E-state index contributed by atoms with van der Waals surface area (Å²) in [6.45, 7) is 43.6. The molecule has 1 saturated carbocycles. The summed E-state index contributed by atoms with van der Waals surface area (Å²) in [5, 5.41) is 57.8. The summed E-state index contributed by atoms with van der Waals surface area (Å²) in [4.78, 5) is 140. The lowest BCUT2D eigenvalue weighted by atomic mass is 9.96. The Hall–Kier alpha value is -11.8. The van der Waals surface area contributed by atoms with Gasteiger partial charge in [0.25, 0.3) is 22.2 Å². The van der Waals surface area contributed by atoms with Crippen LogP contribution in [0.25, 0.3) is 43.9 Å². The number of azide groups is 1. The lowest BCUT2D eigenvalue weighted by Gasteiger charge is -2.33. The standard InChI is InChI=1S/C15H21N5O3.C15H22N4O5.C14H21FN2O4.C13H20FN3O4.C13H19N5O4.C13H18N4O3.C11H17N3O3S/c1-7(2)23-5-9-8(3)10(4-11(9)21)20-6-17-12-13(20)18-15(16)19-14(12)22;1-7(2)23-5-9-11(20)15(4,22)14(24-9)19-6-16-10-12(19)17-8(3)18-13(10)21;1-8(2)20-7-10-11(18)14(4,15)12(21-10)17-6-5-9(3)16-13(17)19;1-7(2)20-6-8-10(18)13(3,14)11(21-8)17-5-4-9(15)16-12(17)19;1-7(2)21-6-10-9(16-17-14)4-11(22-10)18-5-8(3)12(19)15-13(18)20;1-8(2)19-5-9-3-4-10(20-9)17-7-16-11-12(17)14-6-15-13(11)18;1-7(2)16-5-10-17-9(6-18-10)14-4-3-8(12)13-11(14)15/h6-7,9-11,21H,3-5H2,1-2H3,(H3,16,18,19,22);6-7,9,11,14,20,22H,5H2,1-4H3,(H,17,18,21);5-6,8,10-12,18H,3,7H2,1-2,4H3,(H,16,19);4-5,7-8,10-11,18H,6H2,1-3H3,(H2,15,16,19);5,7,9-11H,4,6H2,1-3H3,(H,15,19,20);6-10H,3-5H2,1-2H3,(H,14,15,18);3-4,7,9-10H,5-6H2,1-2H3,(H2,12,13,15)/t9-,10?,11-;9-,11-,14-,15-;10-,11-,12-,14-;8-,10-,11-,13-;9-,10+,11?;9-,10?;9?,10-/m0111001/s1. The van der Waals surface area contributed by atoms with Crippen molar-refractivity contribution in [3.63, 3.8) is 0 Å². The van der Waals surface area contributed by atoms with Crippen LogP contribution in [-0.4, -0.2) is 308 Å². The van der Waals surface area contributed by atoms with Crippen molar-refractivity contribution >= 4 is 68.9 Å². The van der Waals surface area contributed by atoms with Crippen molar-refractivity contribution in [2.45, 2.75) is 327 Å². The number of aromatic nitrogens is 18. The quantitative estimate of drug-likeness (QED) is 0.0123. The molecule has 7 aliphatic heterocycles. The number of urea groups is 1. The van der Waals surface area contributed by atoms with Gasteiger partial charge in [0.05, 0.1) is 145 Å². The van der Waals surface area contributed by atoms with Crippen molar-refractivity contribution in [2.24, 2.45) is 11.0 Å². The van der Waals surface area contributed by atoms with E-state index in [0.29, 0.717) is 78.0 Å². The predicted octanol–water partition coefficient (Wildman–Crippen LogP) is 5.28. The van der Waals surface area contributed by atoms with Crippen molar-refractivity contribution in [3.8, 4) is 0 Å². The smallest absolute Gasteiger partial charge is 0.351 e. The summed E-state index contributed by atoms with van der Waals surface area (Å²) >= 11 is 1.63. The molecule has 9 aromatic heterocycles. The number of aryl methyl sites for hydroxylation is 2. The summed E-state index contributed by atoms with van der Waals surface area (Å²) < 4.78 is 111. The van der Waals surface area contributed by atoms with Crippen LogP contribution in [0.5, 0.6) is 0 Å². The van der Waals surface area contributed by atoms with Gasteiger partial charge in [-0.15, -0.1) is 11.8 Å². The van der Waals surface area contributed by atoms with E-state index >= 15 is 0 Å². The van der Waals surface area contributed by atoms with E-state index in [9.17, 15) is 72.7 Å². The number of nitrogens with one attached hydrogen (secondary N) is 5. The fourth-order valence-corrected chi connectivity index (χ4v) is 17.7. The second kappa shape index (κ2) is 51.3. The van der Waals surface area contributed by atoms with Gasteiger partial charge >= 0.3 is 23.1 Å². The molecule has 0 spiro atoms. The van der Waals surface area contributed by atoms with Crippen LogP contribution in [0, 0.1) is 19.8 Å². The number of carbonyl (C=O) groups excluding carboxylic acids is 1. The first kappa shape index (κ1) is 117. The molecule has 55 heteroatoms. The van der Waals surface area contributed by atoms with Crippen LogP contribution in [0.4, 0.5) is 31.2 Å². The van der Waals surface area contributed by atoms with E-state index in [1.807, 2.05) is 101 Å². The van der Waals surface area contributed by atoms with Gasteiger partial charge < -0.3 is 124 Å². The molecule has 8 aliphatic rings. The molecule has 9 aromatic rings. The van der Waals surface area contributed by atoms with Crippen LogP contribution in [0.15, 0.2) is 131 Å². The van der Waals surface area contributed by atoms with Gasteiger partial charge in [-0.2, -0.15) is 15.0 Å². The Morgan fingerprint density at radius 2 is 1.04 bits per heavy atom. The van der Waals surface area contributed by atoms with Crippen LogP contribution < -0.4 is 61.8 Å². The molecule has 0 radical (unpaired) electrons. The minimum absolute atomic E-state index is 0.0208. The molecule has 0 bridgehead atoms. The number of anilines is 3. The van der Waals surface area contributed by atoms with Gasteiger partial charge in [-0.3, -0.25) is 56.9 Å². The molecule has 22 atom stereocenters. The van der Waals surface area contributed by atoms with E-state index < -0.39 is 120 Å². The number of H-pyrrole nitrogens is 4. The first-order valence-corrected chi connectivity index (χ1v) is 49.7. The number of carbonyl (C=O) groups is 1. The predicted molar refractivity (Wildman–Crippen MR) is 539 cm³/mol. The first-order chi connectivity index (χ1) is 70.2. The minimum atomic E-state index is -2.15. The second-order valence-corrected chi connectivity index (χ2v) is 40.1. The number of imidazole rings is 3. The SMILES string of the molecule is C=C1C(n2cnc3c(=O)[nH]c(N)nc32)C[C@H](O)[C@H]1COC(C)C.C=C1C=CN([C@@H]2O[C@H](COC(C)C)[C@@H](O)[C@@]2(C)F)C(=O)N1.CC(C)OC[C@@H]1CCC(n2cnc3c(=O)[nH]cnc32)O1.CC(C)OC[C@@H]1OC(n2ccc(N)nc2=O)CS1.CC(C)OC[C@H]1O[C@@H](n2ccc(N)nc2=O)[C@](C)(F)[C@@H]1O.Cc1cn(C2C[C@H](N=[N+]=[N-])[C@@H](COC(C)C)O2)c(=O)[nH]c1=O.Cc1nc2c(ncn2[C@@H]2O[C@H](COC(C)C)[C@@H](O)[C@@]2(C)O)c(=O)[nH]1. The number of allylic oxidation sites excluding steroid dienone is 1. The van der Waals surface area contributed by atoms with Crippen LogP contribution in [0.3, 0.4) is 0 Å². The van der Waals surface area contributed by atoms with Crippen molar-refractivity contribution in [1.29, 1.82) is 0 Å². The maximum Gasteiger partial charge on any atom is 0.351 e. The summed E-state index contributed by atoms with van der Waals surface area (Å²) in [6.07, 6.45) is 4.44. The van der Waals surface area contributed by atoms with Gasteiger partial charge in [-0.1, -0.05) is 18.3 Å². The number of hydrogen-bond acceptors (Lipinski definition) is 39. The van der Waals surface area contributed by atoms with Crippen LogP contribution >= 0.6 is 11.8 Å². The number of alkyl halides is 2. The lowest BCUT2D eigenvalue weighted by molar-refractivity contribution is -0.0977. The number of aliphatic hydroxyl groups excluding tert-OH is 4. The third-order valence-electron chi connectivity index (χ3n) is 24.6. The Morgan fingerprint density at radius 1 is 0.537 bits per heavy atom. The number of aliphatic hydroxyl groups is 5. The number of thioether (sulfide) groups is 1. The average molecular weight is 2120 g/mol. The Bertz CT molecular complexity index is 6570.